The smallest absolute Gasteiger partial charge is 0.307 e. The van der Waals surface area contributed by atoms with E-state index in [9.17, 15) is 4.79 Å². The number of guanidine groups is 1. The maximum absolute atomic E-state index is 11.7. The molecule has 29 heavy (non-hydrogen) atoms. The number of benzene rings is 1. The lowest BCUT2D eigenvalue weighted by Gasteiger charge is -2.27. The number of halogens is 1. The molecule has 0 aromatic heterocycles. The zero-order valence-electron chi connectivity index (χ0n) is 17.8. The van der Waals surface area contributed by atoms with Crippen molar-refractivity contribution in [3.05, 3.63) is 35.4 Å². The molecule has 1 heterocycles. The minimum absolute atomic E-state index is 0. The second-order valence-electron chi connectivity index (χ2n) is 7.07. The lowest BCUT2D eigenvalue weighted by molar-refractivity contribution is -0.147. The van der Waals surface area contributed by atoms with Crippen LogP contribution in [0.2, 0.25) is 0 Å². The van der Waals surface area contributed by atoms with Gasteiger partial charge in [0.25, 0.3) is 0 Å². The highest BCUT2D eigenvalue weighted by Crippen LogP contribution is 2.14. The van der Waals surface area contributed by atoms with Gasteiger partial charge in [-0.15, -0.1) is 24.0 Å². The number of carbonyl (C=O) groups excluding carboxylic acids is 1. The summed E-state index contributed by atoms with van der Waals surface area (Å²) in [5.41, 5.74) is 2.51. The van der Waals surface area contributed by atoms with Gasteiger partial charge in [0, 0.05) is 32.7 Å². The van der Waals surface area contributed by atoms with Crippen LogP contribution in [0.3, 0.4) is 0 Å². The molecule has 0 bridgehead atoms. The van der Waals surface area contributed by atoms with Crippen molar-refractivity contribution >= 4 is 35.9 Å². The molecule has 1 aromatic rings. The van der Waals surface area contributed by atoms with Crippen LogP contribution in [-0.4, -0.2) is 62.3 Å². The summed E-state index contributed by atoms with van der Waals surface area (Å²) in [7, 11) is 0. The summed E-state index contributed by atoms with van der Waals surface area (Å²) in [6, 6.07) is 8.42. The molecular weight excluding hydrogens is 483 g/mol. The van der Waals surface area contributed by atoms with Crippen LogP contribution in [0.1, 0.15) is 38.3 Å². The average Bonchev–Trinajstić information content (AvgIpc) is 2.67. The summed E-state index contributed by atoms with van der Waals surface area (Å²) in [5, 5.41) is 6.44. The number of esters is 1. The van der Waals surface area contributed by atoms with E-state index in [2.05, 4.69) is 39.8 Å². The molecule has 2 N–H and O–H groups in total. The van der Waals surface area contributed by atoms with Crippen molar-refractivity contribution in [1.29, 1.82) is 0 Å². The summed E-state index contributed by atoms with van der Waals surface area (Å²) in [4.78, 5) is 18.8. The number of hydrogen-bond donors (Lipinski definition) is 2. The molecule has 164 valence electrons. The van der Waals surface area contributed by atoms with Gasteiger partial charge in [0.05, 0.1) is 32.3 Å². The van der Waals surface area contributed by atoms with E-state index in [-0.39, 0.29) is 36.0 Å². The number of hydrogen-bond acceptors (Lipinski definition) is 5. The Balaban J connectivity index is 0.00000420. The maximum Gasteiger partial charge on any atom is 0.307 e. The molecule has 0 amide bonds. The van der Waals surface area contributed by atoms with Gasteiger partial charge in [-0.3, -0.25) is 9.69 Å². The minimum Gasteiger partial charge on any atom is -0.463 e. The van der Waals surface area contributed by atoms with Gasteiger partial charge in [-0.25, -0.2) is 4.99 Å². The van der Waals surface area contributed by atoms with Crippen molar-refractivity contribution in [2.75, 3.05) is 39.4 Å². The number of nitrogens with zero attached hydrogens (tertiary/aromatic N) is 2. The van der Waals surface area contributed by atoms with Crippen molar-refractivity contribution in [3.8, 4) is 0 Å². The highest BCUT2D eigenvalue weighted by molar-refractivity contribution is 14.0. The van der Waals surface area contributed by atoms with Crippen LogP contribution in [-0.2, 0) is 27.4 Å². The lowest BCUT2D eigenvalue weighted by atomic mass is 10.1. The van der Waals surface area contributed by atoms with Crippen LogP contribution in [0.15, 0.2) is 29.3 Å². The van der Waals surface area contributed by atoms with Crippen molar-refractivity contribution in [1.82, 2.24) is 15.5 Å². The Bertz CT molecular complexity index is 634. The van der Waals surface area contributed by atoms with E-state index in [4.69, 9.17) is 14.5 Å². The van der Waals surface area contributed by atoms with E-state index >= 15 is 0 Å². The first-order chi connectivity index (χ1) is 13.6. The van der Waals surface area contributed by atoms with E-state index in [1.165, 1.54) is 11.1 Å². The molecule has 0 unspecified atom stereocenters. The SMILES string of the molecule is CCNC(=NCc1ccccc1CN1CCOCC1)NCCC(=O)OC(C)C.I. The fraction of sp³-hybridized carbons (Fsp3) is 0.619. The minimum atomic E-state index is -0.200. The van der Waals surface area contributed by atoms with E-state index in [1.54, 1.807) is 0 Å². The van der Waals surface area contributed by atoms with Crippen molar-refractivity contribution in [3.63, 3.8) is 0 Å². The van der Waals surface area contributed by atoms with Gasteiger partial charge in [0.1, 0.15) is 0 Å². The molecule has 1 aliphatic heterocycles. The molecule has 8 heteroatoms. The van der Waals surface area contributed by atoms with Crippen LogP contribution in [0.5, 0.6) is 0 Å². The molecule has 1 saturated heterocycles. The lowest BCUT2D eigenvalue weighted by Crippen LogP contribution is -2.38. The highest BCUT2D eigenvalue weighted by Gasteiger charge is 2.12. The average molecular weight is 518 g/mol. The molecule has 0 atom stereocenters. The van der Waals surface area contributed by atoms with Gasteiger partial charge in [-0.05, 0) is 31.9 Å². The summed E-state index contributed by atoms with van der Waals surface area (Å²) in [6.45, 7) is 12.0. The summed E-state index contributed by atoms with van der Waals surface area (Å²) >= 11 is 0. The van der Waals surface area contributed by atoms with E-state index in [1.807, 2.05) is 20.8 Å². The molecule has 7 nitrogen and oxygen atoms in total. The topological polar surface area (TPSA) is 75.2 Å². The number of aliphatic imine (C=N–C) groups is 1. The molecule has 2 rings (SSSR count). The Morgan fingerprint density at radius 3 is 2.55 bits per heavy atom. The number of ether oxygens (including phenoxy) is 2. The van der Waals surface area contributed by atoms with Gasteiger partial charge in [0.2, 0.25) is 0 Å². The molecule has 1 aromatic carbocycles. The van der Waals surface area contributed by atoms with Gasteiger partial charge in [-0.2, -0.15) is 0 Å². The van der Waals surface area contributed by atoms with Crippen molar-refractivity contribution in [2.24, 2.45) is 4.99 Å². The van der Waals surface area contributed by atoms with E-state index in [0.29, 0.717) is 25.5 Å². The Morgan fingerprint density at radius 2 is 1.90 bits per heavy atom. The first-order valence-electron chi connectivity index (χ1n) is 10.2. The third-order valence-electron chi connectivity index (χ3n) is 4.36. The number of morpholine rings is 1. The maximum atomic E-state index is 11.7. The van der Waals surface area contributed by atoms with Crippen LogP contribution in [0, 0.1) is 0 Å². The molecular formula is C21H35IN4O3. The Kier molecular flexibility index (Phi) is 12.9. The summed E-state index contributed by atoms with van der Waals surface area (Å²) < 4.78 is 10.6. The largest absolute Gasteiger partial charge is 0.463 e. The van der Waals surface area contributed by atoms with Gasteiger partial charge in [-0.1, -0.05) is 24.3 Å². The first-order valence-corrected chi connectivity index (χ1v) is 10.2. The fourth-order valence-electron chi connectivity index (χ4n) is 2.98. The van der Waals surface area contributed by atoms with Gasteiger partial charge >= 0.3 is 5.97 Å². The standard InChI is InChI=1S/C21H34N4O3.HI/c1-4-22-21(23-10-9-20(26)28-17(2)3)24-15-18-7-5-6-8-19(18)16-25-11-13-27-14-12-25;/h5-8,17H,4,9-16H2,1-3H3,(H2,22,23,24);1H. The molecule has 0 radical (unpaired) electrons. The van der Waals surface area contributed by atoms with E-state index < -0.39 is 0 Å². The fourth-order valence-corrected chi connectivity index (χ4v) is 2.98. The summed E-state index contributed by atoms with van der Waals surface area (Å²) in [5.74, 6) is 0.509. The predicted octanol–water partition coefficient (Wildman–Crippen LogP) is 2.53. The van der Waals surface area contributed by atoms with Crippen LogP contribution < -0.4 is 10.6 Å². The third-order valence-corrected chi connectivity index (χ3v) is 4.36. The molecule has 0 saturated carbocycles. The van der Waals surface area contributed by atoms with Crippen LogP contribution >= 0.6 is 24.0 Å². The molecule has 1 fully saturated rings. The highest BCUT2D eigenvalue weighted by atomic mass is 127. The van der Waals surface area contributed by atoms with Crippen molar-refractivity contribution < 1.29 is 14.3 Å². The number of carbonyl (C=O) groups is 1. The number of nitrogens with one attached hydrogen (secondary N) is 2. The Morgan fingerprint density at radius 1 is 1.21 bits per heavy atom. The Hall–Kier alpha value is -1.39. The molecule has 1 aliphatic rings. The second-order valence-corrected chi connectivity index (χ2v) is 7.07. The van der Waals surface area contributed by atoms with E-state index in [0.717, 1.165) is 39.4 Å². The third kappa shape index (κ3) is 10.3. The van der Waals surface area contributed by atoms with Crippen LogP contribution in [0.4, 0.5) is 0 Å². The van der Waals surface area contributed by atoms with Gasteiger partial charge < -0.3 is 20.1 Å². The normalized spacial score (nSPS) is 15.0. The quantitative estimate of drug-likeness (QED) is 0.227. The molecule has 0 spiro atoms. The summed E-state index contributed by atoms with van der Waals surface area (Å²) in [6.07, 6.45) is 0.230. The number of rotatable bonds is 9. The van der Waals surface area contributed by atoms with Crippen LogP contribution in [0.25, 0.3) is 0 Å². The Labute approximate surface area is 191 Å². The predicted molar refractivity (Wildman–Crippen MR) is 127 cm³/mol. The zero-order chi connectivity index (χ0) is 20.2. The van der Waals surface area contributed by atoms with Crippen molar-refractivity contribution in [2.45, 2.75) is 46.4 Å². The molecule has 0 aliphatic carbocycles. The zero-order valence-corrected chi connectivity index (χ0v) is 20.1. The monoisotopic (exact) mass is 518 g/mol. The second kappa shape index (κ2) is 14.6. The van der Waals surface area contributed by atoms with Gasteiger partial charge in [0.15, 0.2) is 5.96 Å². The first kappa shape index (κ1) is 25.6.